The van der Waals surface area contributed by atoms with Gasteiger partial charge in [-0.2, -0.15) is 0 Å². The van der Waals surface area contributed by atoms with Crippen molar-refractivity contribution >= 4 is 11.5 Å². The molecule has 4 rings (SSSR count). The van der Waals surface area contributed by atoms with Crippen molar-refractivity contribution in [2.75, 3.05) is 0 Å². The zero-order chi connectivity index (χ0) is 19.7. The van der Waals surface area contributed by atoms with Gasteiger partial charge >= 0.3 is 0 Å². The van der Waals surface area contributed by atoms with Crippen LogP contribution in [0.2, 0.25) is 0 Å². The van der Waals surface area contributed by atoms with Crippen LogP contribution in [0.15, 0.2) is 84.6 Å². The van der Waals surface area contributed by atoms with E-state index in [1.807, 2.05) is 6.07 Å². The number of hydrogen-bond acceptors (Lipinski definition) is 2. The second-order valence-electron chi connectivity index (χ2n) is 6.61. The number of rotatable bonds is 4. The molecule has 0 spiro atoms. The summed E-state index contributed by atoms with van der Waals surface area (Å²) >= 11 is 0. The van der Waals surface area contributed by atoms with E-state index in [9.17, 15) is 18.7 Å². The maximum atomic E-state index is 14.7. The Kier molecular flexibility index (Phi) is 4.65. The number of aliphatic hydroxyl groups is 1. The van der Waals surface area contributed by atoms with E-state index in [0.29, 0.717) is 22.3 Å². The van der Waals surface area contributed by atoms with Gasteiger partial charge in [-0.25, -0.2) is 8.78 Å². The Morgan fingerprint density at radius 3 is 2.18 bits per heavy atom. The van der Waals surface area contributed by atoms with Gasteiger partial charge in [-0.1, -0.05) is 60.7 Å². The van der Waals surface area contributed by atoms with Gasteiger partial charge in [0.05, 0.1) is 6.04 Å². The van der Waals surface area contributed by atoms with Gasteiger partial charge in [0.1, 0.15) is 11.6 Å². The van der Waals surface area contributed by atoms with E-state index in [4.69, 9.17) is 0 Å². The first-order valence-corrected chi connectivity index (χ1v) is 8.84. The molecule has 1 amide bonds. The molecule has 28 heavy (non-hydrogen) atoms. The van der Waals surface area contributed by atoms with Crippen LogP contribution in [0.3, 0.4) is 0 Å². The number of carbonyl (C=O) groups excluding carboxylic acids is 1. The number of benzene rings is 3. The number of aliphatic hydroxyl groups excluding tert-OH is 1. The minimum Gasteiger partial charge on any atom is -0.503 e. The first-order chi connectivity index (χ1) is 13.6. The molecule has 1 aliphatic rings. The molecule has 0 saturated heterocycles. The highest BCUT2D eigenvalue weighted by Gasteiger charge is 2.41. The maximum absolute atomic E-state index is 14.7. The van der Waals surface area contributed by atoms with Crippen molar-refractivity contribution < 1.29 is 18.7 Å². The maximum Gasteiger partial charge on any atom is 0.290 e. The van der Waals surface area contributed by atoms with Gasteiger partial charge in [-0.3, -0.25) is 4.79 Å². The van der Waals surface area contributed by atoms with Crippen LogP contribution in [0.25, 0.3) is 5.57 Å². The largest absolute Gasteiger partial charge is 0.503 e. The molecule has 0 radical (unpaired) electrons. The average Bonchev–Trinajstić information content (AvgIpc) is 2.95. The fourth-order valence-corrected chi connectivity index (χ4v) is 3.54. The highest BCUT2D eigenvalue weighted by Crippen LogP contribution is 2.44. The minimum atomic E-state index is -0.791. The van der Waals surface area contributed by atoms with Crippen LogP contribution in [0.5, 0.6) is 0 Å². The van der Waals surface area contributed by atoms with Crippen LogP contribution in [0.4, 0.5) is 8.78 Å². The van der Waals surface area contributed by atoms with Gasteiger partial charge in [0.15, 0.2) is 5.76 Å². The molecule has 0 fully saturated rings. The third kappa shape index (κ3) is 3.16. The van der Waals surface area contributed by atoms with Crippen LogP contribution < -0.4 is 0 Å². The lowest BCUT2D eigenvalue weighted by Crippen LogP contribution is -2.30. The van der Waals surface area contributed by atoms with E-state index in [0.717, 1.165) is 0 Å². The lowest BCUT2D eigenvalue weighted by molar-refractivity contribution is -0.130. The Bertz CT molecular complexity index is 1050. The van der Waals surface area contributed by atoms with Crippen molar-refractivity contribution in [3.8, 4) is 0 Å². The number of hydrogen-bond donors (Lipinski definition) is 1. The SMILES string of the molecule is O=C1C(O)=C(c2ccccc2)[C@H](c2ccccc2F)N1Cc1ccc(F)cc1. The molecule has 0 bridgehead atoms. The molecule has 0 saturated carbocycles. The van der Waals surface area contributed by atoms with E-state index in [-0.39, 0.29) is 12.4 Å². The Hall–Kier alpha value is -3.47. The van der Waals surface area contributed by atoms with Crippen LogP contribution in [0.1, 0.15) is 22.7 Å². The summed E-state index contributed by atoms with van der Waals surface area (Å²) in [6.07, 6.45) is 0. The Balaban J connectivity index is 1.83. The molecule has 0 aliphatic carbocycles. The first kappa shape index (κ1) is 17.9. The number of carbonyl (C=O) groups is 1. The van der Waals surface area contributed by atoms with Crippen LogP contribution in [-0.2, 0) is 11.3 Å². The Labute approximate surface area is 161 Å². The van der Waals surface area contributed by atoms with Crippen molar-refractivity contribution in [1.29, 1.82) is 0 Å². The van der Waals surface area contributed by atoms with E-state index in [2.05, 4.69) is 0 Å². The van der Waals surface area contributed by atoms with Crippen LogP contribution in [0, 0.1) is 11.6 Å². The number of nitrogens with zero attached hydrogens (tertiary/aromatic N) is 1. The zero-order valence-corrected chi connectivity index (χ0v) is 14.8. The molecule has 1 heterocycles. The lowest BCUT2D eigenvalue weighted by Gasteiger charge is -2.27. The fourth-order valence-electron chi connectivity index (χ4n) is 3.54. The van der Waals surface area contributed by atoms with Crippen molar-refractivity contribution in [1.82, 2.24) is 4.90 Å². The van der Waals surface area contributed by atoms with Gasteiger partial charge in [-0.15, -0.1) is 0 Å². The summed E-state index contributed by atoms with van der Waals surface area (Å²) in [5.41, 5.74) is 1.97. The molecule has 5 heteroatoms. The smallest absolute Gasteiger partial charge is 0.290 e. The Morgan fingerprint density at radius 2 is 1.50 bits per heavy atom. The molecule has 3 nitrogen and oxygen atoms in total. The first-order valence-electron chi connectivity index (χ1n) is 8.84. The predicted molar refractivity (Wildman–Crippen MR) is 102 cm³/mol. The van der Waals surface area contributed by atoms with E-state index in [1.165, 1.54) is 23.1 Å². The van der Waals surface area contributed by atoms with Gasteiger partial charge in [0.25, 0.3) is 5.91 Å². The molecule has 0 aromatic heterocycles. The molecule has 0 unspecified atom stereocenters. The molecule has 1 atom stereocenters. The van der Waals surface area contributed by atoms with Crippen molar-refractivity contribution in [3.63, 3.8) is 0 Å². The topological polar surface area (TPSA) is 40.5 Å². The minimum absolute atomic E-state index is 0.110. The summed E-state index contributed by atoms with van der Waals surface area (Å²) in [4.78, 5) is 14.3. The van der Waals surface area contributed by atoms with E-state index < -0.39 is 23.5 Å². The summed E-state index contributed by atoms with van der Waals surface area (Å²) < 4.78 is 27.9. The zero-order valence-electron chi connectivity index (χ0n) is 14.8. The standard InChI is InChI=1S/C23H17F2NO2/c24-17-12-10-15(11-13-17)14-26-21(18-8-4-5-9-19(18)25)20(22(27)23(26)28)16-6-2-1-3-7-16/h1-13,21,27H,14H2/t21-/m0/s1. The van der Waals surface area contributed by atoms with Gasteiger partial charge in [0, 0.05) is 17.7 Å². The van der Waals surface area contributed by atoms with Gasteiger partial charge in [0.2, 0.25) is 0 Å². The summed E-state index contributed by atoms with van der Waals surface area (Å²) in [7, 11) is 0. The number of amides is 1. The van der Waals surface area contributed by atoms with Crippen LogP contribution >= 0.6 is 0 Å². The van der Waals surface area contributed by atoms with Crippen molar-refractivity contribution in [3.05, 3.63) is 113 Å². The molecule has 3 aromatic rings. The fraction of sp³-hybridized carbons (Fsp3) is 0.0870. The van der Waals surface area contributed by atoms with Gasteiger partial charge in [-0.05, 0) is 29.3 Å². The normalized spacial score (nSPS) is 16.7. The van der Waals surface area contributed by atoms with E-state index >= 15 is 0 Å². The molecular formula is C23H17F2NO2. The summed E-state index contributed by atoms with van der Waals surface area (Å²) in [6.45, 7) is 0.110. The average molecular weight is 377 g/mol. The molecular weight excluding hydrogens is 360 g/mol. The lowest BCUT2D eigenvalue weighted by atomic mass is 9.93. The van der Waals surface area contributed by atoms with Crippen molar-refractivity contribution in [2.24, 2.45) is 0 Å². The predicted octanol–water partition coefficient (Wildman–Crippen LogP) is 5.02. The molecule has 140 valence electrons. The third-order valence-corrected chi connectivity index (χ3v) is 4.85. The molecule has 3 aromatic carbocycles. The summed E-state index contributed by atoms with van der Waals surface area (Å²) in [5.74, 6) is -1.83. The highest BCUT2D eigenvalue weighted by atomic mass is 19.1. The Morgan fingerprint density at radius 1 is 0.857 bits per heavy atom. The molecule has 1 aliphatic heterocycles. The third-order valence-electron chi connectivity index (χ3n) is 4.85. The van der Waals surface area contributed by atoms with Gasteiger partial charge < -0.3 is 10.0 Å². The van der Waals surface area contributed by atoms with Crippen LogP contribution in [-0.4, -0.2) is 15.9 Å². The van der Waals surface area contributed by atoms with E-state index in [1.54, 1.807) is 54.6 Å². The summed E-state index contributed by atoms with van der Waals surface area (Å²) in [5, 5.41) is 10.6. The second-order valence-corrected chi connectivity index (χ2v) is 6.61. The second kappa shape index (κ2) is 7.27. The monoisotopic (exact) mass is 377 g/mol. The molecule has 1 N–H and O–H groups in total. The van der Waals surface area contributed by atoms with Crippen molar-refractivity contribution in [2.45, 2.75) is 12.6 Å². The quantitative estimate of drug-likeness (QED) is 0.694. The summed E-state index contributed by atoms with van der Waals surface area (Å²) in [6, 6.07) is 20.1. The number of halogens is 2. The highest BCUT2D eigenvalue weighted by molar-refractivity contribution is 6.05.